The minimum absolute atomic E-state index is 0.618. The first-order chi connectivity index (χ1) is 12.2. The summed E-state index contributed by atoms with van der Waals surface area (Å²) in [4.78, 5) is 11.0. The fraction of sp³-hybridized carbons (Fsp3) is 0.188. The third-order valence-electron chi connectivity index (χ3n) is 3.87. The van der Waals surface area contributed by atoms with Gasteiger partial charge in [-0.25, -0.2) is 9.97 Å². The fourth-order valence-electron chi connectivity index (χ4n) is 2.51. The number of para-hydroxylation sites is 2. The van der Waals surface area contributed by atoms with Gasteiger partial charge < -0.3 is 4.74 Å². The summed E-state index contributed by atoms with van der Waals surface area (Å²) in [5, 5.41) is 14.6. The number of hydrogen-bond acceptors (Lipinski definition) is 8. The number of aromatic nitrogens is 6. The van der Waals surface area contributed by atoms with Gasteiger partial charge in [0.05, 0.1) is 7.11 Å². The molecule has 3 aromatic heterocycles. The molecule has 0 amide bonds. The molecule has 0 bridgehead atoms. The maximum Gasteiger partial charge on any atom is 0.220 e. The molecule has 0 aliphatic carbocycles. The number of thiophene rings is 1. The van der Waals surface area contributed by atoms with Crippen molar-refractivity contribution in [2.24, 2.45) is 0 Å². The molecule has 9 heteroatoms. The Bertz CT molecular complexity index is 1060. The van der Waals surface area contributed by atoms with Crippen LogP contribution in [-0.4, -0.2) is 37.3 Å². The Kier molecular flexibility index (Phi) is 4.10. The van der Waals surface area contributed by atoms with Gasteiger partial charge in [0.2, 0.25) is 5.16 Å². The van der Waals surface area contributed by atoms with Gasteiger partial charge in [-0.05, 0) is 53.7 Å². The van der Waals surface area contributed by atoms with Gasteiger partial charge in [-0.1, -0.05) is 12.1 Å². The van der Waals surface area contributed by atoms with E-state index in [4.69, 9.17) is 4.74 Å². The number of methoxy groups -OCH3 is 1. The Morgan fingerprint density at radius 3 is 2.84 bits per heavy atom. The van der Waals surface area contributed by atoms with E-state index >= 15 is 0 Å². The van der Waals surface area contributed by atoms with E-state index in [0.717, 1.165) is 20.9 Å². The summed E-state index contributed by atoms with van der Waals surface area (Å²) in [7, 11) is 1.63. The summed E-state index contributed by atoms with van der Waals surface area (Å²) in [5.74, 6) is 0.701. The number of tetrazole rings is 1. The normalized spacial score (nSPS) is 11.2. The van der Waals surface area contributed by atoms with Crippen LogP contribution in [0.1, 0.15) is 10.4 Å². The Hall–Kier alpha value is -2.52. The van der Waals surface area contributed by atoms with Crippen LogP contribution in [0, 0.1) is 13.8 Å². The molecule has 0 unspecified atom stereocenters. The lowest BCUT2D eigenvalue weighted by atomic mass is 10.2. The van der Waals surface area contributed by atoms with Crippen LogP contribution in [0.3, 0.4) is 0 Å². The van der Waals surface area contributed by atoms with Crippen LogP contribution in [-0.2, 0) is 0 Å². The van der Waals surface area contributed by atoms with E-state index in [0.29, 0.717) is 10.9 Å². The molecule has 4 aromatic rings. The van der Waals surface area contributed by atoms with E-state index in [9.17, 15) is 0 Å². The molecule has 0 aliphatic heterocycles. The molecule has 4 rings (SSSR count). The second kappa shape index (κ2) is 6.41. The minimum Gasteiger partial charge on any atom is -0.494 e. The molecular weight excluding hydrogens is 356 g/mol. The number of ether oxygens (including phenoxy) is 1. The molecule has 0 N–H and O–H groups in total. The molecule has 25 heavy (non-hydrogen) atoms. The fourth-order valence-corrected chi connectivity index (χ4v) is 4.50. The zero-order chi connectivity index (χ0) is 17.4. The number of aryl methyl sites for hydroxylation is 2. The molecule has 0 saturated carbocycles. The smallest absolute Gasteiger partial charge is 0.220 e. The summed E-state index contributed by atoms with van der Waals surface area (Å²) < 4.78 is 7.08. The maximum absolute atomic E-state index is 5.42. The van der Waals surface area contributed by atoms with E-state index < -0.39 is 0 Å². The zero-order valence-electron chi connectivity index (χ0n) is 13.8. The highest BCUT2D eigenvalue weighted by Gasteiger charge is 2.18. The number of rotatable bonds is 4. The van der Waals surface area contributed by atoms with Crippen molar-refractivity contribution in [1.29, 1.82) is 0 Å². The Balaban J connectivity index is 1.80. The molecule has 1 aromatic carbocycles. The summed E-state index contributed by atoms with van der Waals surface area (Å²) in [6, 6.07) is 7.61. The van der Waals surface area contributed by atoms with Gasteiger partial charge in [0.1, 0.15) is 27.6 Å². The van der Waals surface area contributed by atoms with Crippen molar-refractivity contribution in [2.75, 3.05) is 7.11 Å². The Morgan fingerprint density at radius 2 is 2.00 bits per heavy atom. The largest absolute Gasteiger partial charge is 0.494 e. The van der Waals surface area contributed by atoms with Gasteiger partial charge >= 0.3 is 0 Å². The van der Waals surface area contributed by atoms with Crippen LogP contribution in [0.25, 0.3) is 15.9 Å². The molecule has 7 nitrogen and oxygen atoms in total. The molecular formula is C16H14N6OS2. The zero-order valence-corrected chi connectivity index (χ0v) is 15.4. The second-order valence-corrected chi connectivity index (χ2v) is 7.45. The minimum atomic E-state index is 0.618. The summed E-state index contributed by atoms with van der Waals surface area (Å²) >= 11 is 3.09. The molecule has 0 fully saturated rings. The quantitative estimate of drug-likeness (QED) is 0.509. The lowest BCUT2D eigenvalue weighted by molar-refractivity contribution is 0.410. The second-order valence-electron chi connectivity index (χ2n) is 5.29. The van der Waals surface area contributed by atoms with Crippen LogP contribution < -0.4 is 4.74 Å². The van der Waals surface area contributed by atoms with Gasteiger partial charge in [0.25, 0.3) is 0 Å². The first kappa shape index (κ1) is 16.0. The van der Waals surface area contributed by atoms with E-state index in [2.05, 4.69) is 39.3 Å². The van der Waals surface area contributed by atoms with Crippen molar-refractivity contribution in [3.8, 4) is 11.4 Å². The SMILES string of the molecule is COc1ccccc1-n1nnnc1Sc1ncnc2sc(C)c(C)c12. The molecule has 0 atom stereocenters. The highest BCUT2D eigenvalue weighted by molar-refractivity contribution is 7.99. The molecule has 126 valence electrons. The Morgan fingerprint density at radius 1 is 1.16 bits per heavy atom. The molecule has 0 radical (unpaired) electrons. The predicted molar refractivity (Wildman–Crippen MR) is 96.7 cm³/mol. The van der Waals surface area contributed by atoms with Crippen molar-refractivity contribution >= 4 is 33.3 Å². The summed E-state index contributed by atoms with van der Waals surface area (Å²) in [5.41, 5.74) is 1.97. The number of hydrogen-bond donors (Lipinski definition) is 0. The van der Waals surface area contributed by atoms with Gasteiger partial charge in [0.15, 0.2) is 0 Å². The van der Waals surface area contributed by atoms with E-state index in [1.165, 1.54) is 22.2 Å². The summed E-state index contributed by atoms with van der Waals surface area (Å²) in [6.45, 7) is 4.18. The highest BCUT2D eigenvalue weighted by atomic mass is 32.2. The number of fused-ring (bicyclic) bond motifs is 1. The molecule has 3 heterocycles. The third kappa shape index (κ3) is 2.75. The van der Waals surface area contributed by atoms with Gasteiger partial charge in [-0.15, -0.1) is 16.4 Å². The van der Waals surface area contributed by atoms with E-state index in [-0.39, 0.29) is 0 Å². The highest BCUT2D eigenvalue weighted by Crippen LogP contribution is 2.37. The van der Waals surface area contributed by atoms with Crippen LogP contribution in [0.15, 0.2) is 40.8 Å². The third-order valence-corrected chi connectivity index (χ3v) is 5.93. The van der Waals surface area contributed by atoms with Gasteiger partial charge in [0, 0.05) is 10.3 Å². The van der Waals surface area contributed by atoms with Crippen LogP contribution in [0.4, 0.5) is 0 Å². The van der Waals surface area contributed by atoms with E-state index in [1.54, 1.807) is 29.5 Å². The lowest BCUT2D eigenvalue weighted by Gasteiger charge is -2.09. The standard InChI is InChI=1S/C16H14N6OS2/c1-9-10(2)24-14-13(9)15(18-8-17-14)25-16-19-20-21-22(16)11-6-4-5-7-12(11)23-3/h4-8H,1-3H3. The van der Waals surface area contributed by atoms with Gasteiger partial charge in [-0.3, -0.25) is 0 Å². The Labute approximate surface area is 152 Å². The first-order valence-corrected chi connectivity index (χ1v) is 9.12. The van der Waals surface area contributed by atoms with Gasteiger partial charge in [-0.2, -0.15) is 4.68 Å². The number of nitrogens with zero attached hydrogens (tertiary/aromatic N) is 6. The van der Waals surface area contributed by atoms with Crippen molar-refractivity contribution in [1.82, 2.24) is 30.2 Å². The van der Waals surface area contributed by atoms with Crippen LogP contribution >= 0.6 is 23.1 Å². The monoisotopic (exact) mass is 370 g/mol. The topological polar surface area (TPSA) is 78.6 Å². The number of benzene rings is 1. The predicted octanol–water partition coefficient (Wildman–Crippen LogP) is 3.44. The van der Waals surface area contributed by atoms with Crippen molar-refractivity contribution in [3.63, 3.8) is 0 Å². The molecule has 0 saturated heterocycles. The average molecular weight is 370 g/mol. The van der Waals surface area contributed by atoms with Crippen molar-refractivity contribution in [3.05, 3.63) is 41.0 Å². The average Bonchev–Trinajstić information content (AvgIpc) is 3.20. The molecule has 0 aliphatic rings. The van der Waals surface area contributed by atoms with Crippen molar-refractivity contribution in [2.45, 2.75) is 24.0 Å². The lowest BCUT2D eigenvalue weighted by Crippen LogP contribution is -2.02. The first-order valence-electron chi connectivity index (χ1n) is 7.49. The van der Waals surface area contributed by atoms with E-state index in [1.807, 2.05) is 24.3 Å². The van der Waals surface area contributed by atoms with Crippen LogP contribution in [0.5, 0.6) is 5.75 Å². The molecule has 0 spiro atoms. The summed E-state index contributed by atoms with van der Waals surface area (Å²) in [6.07, 6.45) is 1.58. The van der Waals surface area contributed by atoms with Crippen molar-refractivity contribution < 1.29 is 4.74 Å². The maximum atomic E-state index is 5.42. The van der Waals surface area contributed by atoms with Crippen LogP contribution in [0.2, 0.25) is 0 Å².